The molecule has 106 valence electrons. The largest absolute Gasteiger partial charge is 0.398 e. The van der Waals surface area contributed by atoms with E-state index in [4.69, 9.17) is 17.3 Å². The van der Waals surface area contributed by atoms with Gasteiger partial charge in [0.2, 0.25) is 5.95 Å². The van der Waals surface area contributed by atoms with Crippen LogP contribution in [0.3, 0.4) is 0 Å². The molecule has 1 aromatic heterocycles. The maximum absolute atomic E-state index is 12.3. The smallest absolute Gasteiger partial charge is 0.264 e. The van der Waals surface area contributed by atoms with Crippen molar-refractivity contribution in [3.63, 3.8) is 0 Å². The van der Waals surface area contributed by atoms with Gasteiger partial charge in [0.25, 0.3) is 10.0 Å². The average Bonchev–Trinajstić information content (AvgIpc) is 2.33. The molecule has 0 unspecified atom stereocenters. The number of rotatable bonds is 3. The molecule has 0 atom stereocenters. The Balaban J connectivity index is 2.43. The maximum atomic E-state index is 12.3. The molecule has 0 saturated heterocycles. The zero-order valence-electron chi connectivity index (χ0n) is 10.3. The number of aromatic nitrogens is 2. The lowest BCUT2D eigenvalue weighted by Gasteiger charge is -2.11. The highest BCUT2D eigenvalue weighted by Crippen LogP contribution is 2.27. The fourth-order valence-corrected chi connectivity index (χ4v) is 3.33. The van der Waals surface area contributed by atoms with Gasteiger partial charge in [0.1, 0.15) is 5.15 Å². The third-order valence-electron chi connectivity index (χ3n) is 2.43. The Morgan fingerprint density at radius 2 is 2.10 bits per heavy atom. The first-order valence-electron chi connectivity index (χ1n) is 5.36. The second-order valence-electron chi connectivity index (χ2n) is 3.95. The number of anilines is 2. The molecule has 0 amide bonds. The molecule has 0 aliphatic carbocycles. The Kier molecular flexibility index (Phi) is 4.17. The number of hydrogen-bond donors (Lipinski definition) is 2. The van der Waals surface area contributed by atoms with Gasteiger partial charge in [0.15, 0.2) is 0 Å². The molecule has 2 rings (SSSR count). The van der Waals surface area contributed by atoms with Crippen molar-refractivity contribution in [1.29, 1.82) is 0 Å². The van der Waals surface area contributed by atoms with Crippen molar-refractivity contribution in [3.05, 3.63) is 39.6 Å². The Labute approximate surface area is 129 Å². The first-order valence-corrected chi connectivity index (χ1v) is 8.02. The first kappa shape index (κ1) is 15.0. The van der Waals surface area contributed by atoms with Gasteiger partial charge in [-0.05, 0) is 46.6 Å². The van der Waals surface area contributed by atoms with Crippen LogP contribution in [0.4, 0.5) is 11.6 Å². The number of nitrogen functional groups attached to an aromatic ring is 1. The number of nitrogens with two attached hydrogens (primary N) is 1. The van der Waals surface area contributed by atoms with E-state index >= 15 is 0 Å². The Morgan fingerprint density at radius 1 is 1.40 bits per heavy atom. The molecule has 1 heterocycles. The van der Waals surface area contributed by atoms with Gasteiger partial charge in [0.05, 0.1) is 4.90 Å². The number of nitrogens with zero attached hydrogens (tertiary/aromatic N) is 2. The van der Waals surface area contributed by atoms with Crippen LogP contribution in [0.5, 0.6) is 0 Å². The fourth-order valence-electron chi connectivity index (χ4n) is 1.52. The SMILES string of the molecule is Cc1cc(Br)c(N)cc1S(=O)(=O)Nc1nccc(Cl)n1. The summed E-state index contributed by atoms with van der Waals surface area (Å²) in [6, 6.07) is 4.44. The summed E-state index contributed by atoms with van der Waals surface area (Å²) in [6.07, 6.45) is 1.36. The maximum Gasteiger partial charge on any atom is 0.264 e. The zero-order chi connectivity index (χ0) is 14.9. The molecule has 0 saturated carbocycles. The first-order chi connectivity index (χ1) is 9.29. The molecular weight excluding hydrogens is 368 g/mol. The highest BCUT2D eigenvalue weighted by molar-refractivity contribution is 9.10. The molecule has 0 fully saturated rings. The molecule has 3 N–H and O–H groups in total. The molecule has 0 aliphatic rings. The zero-order valence-corrected chi connectivity index (χ0v) is 13.4. The lowest BCUT2D eigenvalue weighted by Crippen LogP contribution is -2.16. The van der Waals surface area contributed by atoms with E-state index in [9.17, 15) is 8.42 Å². The molecule has 2 aromatic rings. The molecule has 0 bridgehead atoms. The molecule has 9 heteroatoms. The normalized spacial score (nSPS) is 11.3. The molecule has 6 nitrogen and oxygen atoms in total. The number of sulfonamides is 1. The summed E-state index contributed by atoms with van der Waals surface area (Å²) in [5, 5.41) is 0.143. The second kappa shape index (κ2) is 5.55. The summed E-state index contributed by atoms with van der Waals surface area (Å²) in [4.78, 5) is 7.63. The van der Waals surface area contributed by atoms with Gasteiger partial charge in [-0.3, -0.25) is 0 Å². The van der Waals surface area contributed by atoms with Crippen LogP contribution in [0.1, 0.15) is 5.56 Å². The summed E-state index contributed by atoms with van der Waals surface area (Å²) in [5.41, 5.74) is 6.58. The van der Waals surface area contributed by atoms with Crippen molar-refractivity contribution in [2.75, 3.05) is 10.5 Å². The van der Waals surface area contributed by atoms with Gasteiger partial charge in [0, 0.05) is 16.4 Å². The second-order valence-corrected chi connectivity index (χ2v) is 6.84. The third-order valence-corrected chi connectivity index (χ3v) is 4.80. The summed E-state index contributed by atoms with van der Waals surface area (Å²) >= 11 is 8.93. The van der Waals surface area contributed by atoms with Crippen molar-refractivity contribution in [1.82, 2.24) is 9.97 Å². The van der Waals surface area contributed by atoms with Crippen molar-refractivity contribution in [3.8, 4) is 0 Å². The van der Waals surface area contributed by atoms with E-state index in [1.807, 2.05) is 0 Å². The van der Waals surface area contributed by atoms with E-state index in [0.29, 0.717) is 15.7 Å². The van der Waals surface area contributed by atoms with Crippen molar-refractivity contribution < 1.29 is 8.42 Å². The molecule has 0 spiro atoms. The highest BCUT2D eigenvalue weighted by Gasteiger charge is 2.19. The predicted octanol–water partition coefficient (Wildman–Crippen LogP) is 2.58. The molecule has 20 heavy (non-hydrogen) atoms. The van der Waals surface area contributed by atoms with E-state index in [-0.39, 0.29) is 16.0 Å². The highest BCUT2D eigenvalue weighted by atomic mass is 79.9. The number of halogens is 2. The van der Waals surface area contributed by atoms with Gasteiger partial charge >= 0.3 is 0 Å². The number of nitrogens with one attached hydrogen (secondary N) is 1. The monoisotopic (exact) mass is 376 g/mol. The van der Waals surface area contributed by atoms with Gasteiger partial charge in [-0.15, -0.1) is 0 Å². The molecule has 0 radical (unpaired) electrons. The lowest BCUT2D eigenvalue weighted by atomic mass is 10.2. The van der Waals surface area contributed by atoms with Crippen LogP contribution in [0.25, 0.3) is 0 Å². The molecule has 1 aromatic carbocycles. The average molecular weight is 378 g/mol. The van der Waals surface area contributed by atoms with Crippen molar-refractivity contribution >= 4 is 49.2 Å². The quantitative estimate of drug-likeness (QED) is 0.633. The minimum Gasteiger partial charge on any atom is -0.398 e. The predicted molar refractivity (Wildman–Crippen MR) is 81.1 cm³/mol. The van der Waals surface area contributed by atoms with E-state index in [2.05, 4.69) is 30.6 Å². The van der Waals surface area contributed by atoms with Gasteiger partial charge in [-0.25, -0.2) is 23.1 Å². The van der Waals surface area contributed by atoms with Crippen LogP contribution in [0.15, 0.2) is 33.8 Å². The lowest BCUT2D eigenvalue weighted by molar-refractivity contribution is 0.600. The van der Waals surface area contributed by atoms with Crippen LogP contribution in [0.2, 0.25) is 5.15 Å². The third kappa shape index (κ3) is 3.20. The minimum atomic E-state index is -3.83. The molecular formula is C11H10BrClN4O2S. The molecule has 0 aliphatic heterocycles. The van der Waals surface area contributed by atoms with E-state index in [0.717, 1.165) is 0 Å². The van der Waals surface area contributed by atoms with E-state index in [1.165, 1.54) is 18.3 Å². The summed E-state index contributed by atoms with van der Waals surface area (Å²) in [7, 11) is -3.83. The summed E-state index contributed by atoms with van der Waals surface area (Å²) in [6.45, 7) is 1.66. The summed E-state index contributed by atoms with van der Waals surface area (Å²) < 4.78 is 27.5. The Bertz CT molecular complexity index is 767. The van der Waals surface area contributed by atoms with Crippen LogP contribution in [0, 0.1) is 6.92 Å². The Morgan fingerprint density at radius 3 is 2.75 bits per heavy atom. The number of aryl methyl sites for hydroxylation is 1. The topological polar surface area (TPSA) is 98.0 Å². The van der Waals surface area contributed by atoms with Crippen LogP contribution < -0.4 is 10.5 Å². The summed E-state index contributed by atoms with van der Waals surface area (Å²) in [5.74, 6) is -0.0987. The van der Waals surface area contributed by atoms with Crippen LogP contribution in [-0.2, 0) is 10.0 Å². The number of hydrogen-bond acceptors (Lipinski definition) is 5. The van der Waals surface area contributed by atoms with Crippen molar-refractivity contribution in [2.45, 2.75) is 11.8 Å². The standard InChI is InChI=1S/C11H10BrClN4O2S/c1-6-4-7(12)8(14)5-9(6)20(18,19)17-11-15-3-2-10(13)16-11/h2-5H,14H2,1H3,(H,15,16,17). The van der Waals surface area contributed by atoms with Gasteiger partial charge in [-0.1, -0.05) is 11.6 Å². The number of benzene rings is 1. The Hall–Kier alpha value is -1.38. The van der Waals surface area contributed by atoms with Crippen molar-refractivity contribution in [2.24, 2.45) is 0 Å². The van der Waals surface area contributed by atoms with E-state index in [1.54, 1.807) is 13.0 Å². The van der Waals surface area contributed by atoms with Gasteiger partial charge in [-0.2, -0.15) is 0 Å². The van der Waals surface area contributed by atoms with Crippen LogP contribution in [-0.4, -0.2) is 18.4 Å². The van der Waals surface area contributed by atoms with Crippen LogP contribution >= 0.6 is 27.5 Å². The van der Waals surface area contributed by atoms with Gasteiger partial charge < -0.3 is 5.73 Å². The minimum absolute atomic E-state index is 0.0572. The van der Waals surface area contributed by atoms with E-state index < -0.39 is 10.0 Å². The fraction of sp³-hybridized carbons (Fsp3) is 0.0909.